The molecule has 10 heteroatoms. The van der Waals surface area contributed by atoms with E-state index in [2.05, 4.69) is 0 Å². The lowest BCUT2D eigenvalue weighted by Crippen LogP contribution is -2.53. The summed E-state index contributed by atoms with van der Waals surface area (Å²) in [6, 6.07) is 25.9. The van der Waals surface area contributed by atoms with E-state index in [4.69, 9.17) is 23.2 Å². The molecule has 8 rings (SSSR count). The highest BCUT2D eigenvalue weighted by molar-refractivity contribution is 6.32. The van der Waals surface area contributed by atoms with Gasteiger partial charge in [-0.3, -0.25) is 24.1 Å². The zero-order chi connectivity index (χ0) is 33.5. The average molecular weight is 682 g/mol. The number of aromatic hydroxyl groups is 1. The minimum Gasteiger partial charge on any atom is -0.505 e. The molecule has 7 nitrogen and oxygen atoms in total. The SMILES string of the molecule is O=C1[C@H]2[C@H](CC=C3[C@H]2C[C@H]2C(=O)N(c4cccc(Cl)c4)C(=O)[C@@]2(c2ccccc2)[C@H]3c2ccc(O)c(F)c2)C(=O)N1c1ccc(Cl)cc1. The molecule has 3 fully saturated rings. The fourth-order valence-electron chi connectivity index (χ4n) is 8.67. The number of carbonyl (C=O) groups excluding carboxylic acids is 4. The summed E-state index contributed by atoms with van der Waals surface area (Å²) in [4.78, 5) is 60.4. The van der Waals surface area contributed by atoms with Gasteiger partial charge in [-0.2, -0.15) is 0 Å². The van der Waals surface area contributed by atoms with Crippen molar-refractivity contribution in [3.8, 4) is 5.75 Å². The molecule has 1 saturated carbocycles. The van der Waals surface area contributed by atoms with Crippen LogP contribution >= 0.6 is 23.2 Å². The standard InChI is InChI=1S/C38H27Cl2FN2O5/c39-22-10-12-24(13-11-22)42-34(45)27-15-14-26-28(32(27)36(42)47)19-29-35(46)43(25-8-4-7-23(40)18-25)37(48)38(29,21-5-2-1-3-6-21)33(26)20-9-16-31(44)30(41)17-20/h1-14,16-18,27-29,32-33,44H,15,19H2/t27-,28+,29-,32-,33-,38+/m0/s1. The minimum atomic E-state index is -1.54. The molecular formula is C38H27Cl2FN2O5. The van der Waals surface area contributed by atoms with E-state index < -0.39 is 64.3 Å². The summed E-state index contributed by atoms with van der Waals surface area (Å²) < 4.78 is 15.2. The van der Waals surface area contributed by atoms with Gasteiger partial charge in [-0.25, -0.2) is 9.29 Å². The van der Waals surface area contributed by atoms with Gasteiger partial charge in [0.15, 0.2) is 11.6 Å². The smallest absolute Gasteiger partial charge is 0.246 e. The maximum atomic E-state index is 15.2. The van der Waals surface area contributed by atoms with Crippen LogP contribution in [0.3, 0.4) is 0 Å². The number of phenolic OH excluding ortho intramolecular Hbond substituents is 1. The van der Waals surface area contributed by atoms with Gasteiger partial charge in [0.1, 0.15) is 0 Å². The Bertz CT molecular complexity index is 2070. The molecule has 0 radical (unpaired) electrons. The number of hydrogen-bond acceptors (Lipinski definition) is 5. The van der Waals surface area contributed by atoms with Crippen LogP contribution in [0.1, 0.15) is 29.9 Å². The molecule has 2 aliphatic carbocycles. The Kier molecular flexibility index (Phi) is 7.09. The molecule has 0 aromatic heterocycles. The second kappa shape index (κ2) is 11.1. The van der Waals surface area contributed by atoms with Crippen LogP contribution in [-0.2, 0) is 24.6 Å². The summed E-state index contributed by atoms with van der Waals surface area (Å²) in [6.07, 6.45) is 2.23. The zero-order valence-corrected chi connectivity index (χ0v) is 26.7. The molecule has 4 aromatic rings. The molecule has 2 heterocycles. The van der Waals surface area contributed by atoms with Gasteiger partial charge < -0.3 is 5.11 Å². The molecule has 48 heavy (non-hydrogen) atoms. The molecular weight excluding hydrogens is 654 g/mol. The number of amides is 4. The van der Waals surface area contributed by atoms with E-state index in [1.165, 1.54) is 17.0 Å². The third kappa shape index (κ3) is 4.25. The van der Waals surface area contributed by atoms with Gasteiger partial charge in [0.05, 0.1) is 34.5 Å². The van der Waals surface area contributed by atoms with Crippen molar-refractivity contribution in [2.45, 2.75) is 24.2 Å². The Morgan fingerprint density at radius 3 is 2.19 bits per heavy atom. The van der Waals surface area contributed by atoms with Crippen LogP contribution in [-0.4, -0.2) is 28.7 Å². The second-order valence-electron chi connectivity index (χ2n) is 12.8. The molecule has 240 valence electrons. The first-order valence-electron chi connectivity index (χ1n) is 15.6. The molecule has 2 aliphatic heterocycles. The van der Waals surface area contributed by atoms with Crippen molar-refractivity contribution in [3.63, 3.8) is 0 Å². The van der Waals surface area contributed by atoms with E-state index in [1.54, 1.807) is 78.9 Å². The largest absolute Gasteiger partial charge is 0.505 e. The van der Waals surface area contributed by atoms with Gasteiger partial charge in [-0.05, 0) is 84.5 Å². The molecule has 4 aliphatic rings. The van der Waals surface area contributed by atoms with Crippen LogP contribution in [0.5, 0.6) is 5.75 Å². The molecule has 0 spiro atoms. The lowest BCUT2D eigenvalue weighted by Gasteiger charge is -2.50. The summed E-state index contributed by atoms with van der Waals surface area (Å²) in [5, 5.41) is 11.0. The maximum Gasteiger partial charge on any atom is 0.246 e. The highest BCUT2D eigenvalue weighted by Crippen LogP contribution is 2.64. The molecule has 4 amide bonds. The first kappa shape index (κ1) is 30.5. The summed E-state index contributed by atoms with van der Waals surface area (Å²) in [5.41, 5.74) is 0.781. The number of carbonyl (C=O) groups is 4. The highest BCUT2D eigenvalue weighted by atomic mass is 35.5. The Balaban J connectivity index is 1.35. The monoisotopic (exact) mass is 680 g/mol. The zero-order valence-electron chi connectivity index (χ0n) is 25.2. The first-order valence-corrected chi connectivity index (χ1v) is 16.4. The summed E-state index contributed by atoms with van der Waals surface area (Å²) in [6.45, 7) is 0. The van der Waals surface area contributed by atoms with E-state index >= 15 is 9.18 Å². The average Bonchev–Trinajstić information content (AvgIpc) is 3.47. The Morgan fingerprint density at radius 1 is 0.729 bits per heavy atom. The fraction of sp³-hybridized carbons (Fsp3) is 0.211. The minimum absolute atomic E-state index is 0.105. The molecule has 6 atom stereocenters. The van der Waals surface area contributed by atoms with E-state index in [9.17, 15) is 19.5 Å². The van der Waals surface area contributed by atoms with Crippen molar-refractivity contribution in [2.75, 3.05) is 9.80 Å². The van der Waals surface area contributed by atoms with Crippen LogP contribution in [0.25, 0.3) is 0 Å². The van der Waals surface area contributed by atoms with Gasteiger partial charge in [0, 0.05) is 16.0 Å². The van der Waals surface area contributed by atoms with Crippen LogP contribution in [0.4, 0.5) is 15.8 Å². The number of imide groups is 2. The van der Waals surface area contributed by atoms with Crippen molar-refractivity contribution in [3.05, 3.63) is 136 Å². The Hall–Kier alpha value is -4.79. The number of anilines is 2. The van der Waals surface area contributed by atoms with E-state index in [-0.39, 0.29) is 18.7 Å². The quantitative estimate of drug-likeness (QED) is 0.182. The van der Waals surface area contributed by atoms with Gasteiger partial charge in [0.2, 0.25) is 23.6 Å². The predicted molar refractivity (Wildman–Crippen MR) is 178 cm³/mol. The van der Waals surface area contributed by atoms with Crippen molar-refractivity contribution >= 4 is 58.2 Å². The predicted octanol–water partition coefficient (Wildman–Crippen LogP) is 7.21. The summed E-state index contributed by atoms with van der Waals surface area (Å²) >= 11 is 12.4. The number of benzene rings is 4. The number of allylic oxidation sites excluding steroid dienone is 2. The molecule has 0 bridgehead atoms. The van der Waals surface area contributed by atoms with Crippen LogP contribution in [0.2, 0.25) is 10.0 Å². The summed E-state index contributed by atoms with van der Waals surface area (Å²) in [5.74, 6) is -7.14. The molecule has 1 N–H and O–H groups in total. The van der Waals surface area contributed by atoms with Crippen molar-refractivity contribution in [1.29, 1.82) is 0 Å². The lowest BCUT2D eigenvalue weighted by atomic mass is 9.49. The van der Waals surface area contributed by atoms with Gasteiger partial charge in [0.25, 0.3) is 0 Å². The molecule has 2 saturated heterocycles. The maximum absolute atomic E-state index is 15.2. The molecule has 4 aromatic carbocycles. The first-order chi connectivity index (χ1) is 23.1. The fourth-order valence-corrected chi connectivity index (χ4v) is 8.98. The number of nitrogens with zero attached hydrogens (tertiary/aromatic N) is 2. The number of hydrogen-bond donors (Lipinski definition) is 1. The van der Waals surface area contributed by atoms with Crippen LogP contribution < -0.4 is 9.80 Å². The van der Waals surface area contributed by atoms with Gasteiger partial charge in [-0.1, -0.05) is 77.3 Å². The lowest BCUT2D eigenvalue weighted by molar-refractivity contribution is -0.127. The third-order valence-electron chi connectivity index (χ3n) is 10.6. The van der Waals surface area contributed by atoms with Gasteiger partial charge >= 0.3 is 0 Å². The van der Waals surface area contributed by atoms with Crippen LogP contribution in [0.15, 0.2) is 109 Å². The van der Waals surface area contributed by atoms with E-state index in [0.29, 0.717) is 38.1 Å². The van der Waals surface area contributed by atoms with E-state index in [0.717, 1.165) is 4.90 Å². The highest BCUT2D eigenvalue weighted by Gasteiger charge is 2.70. The number of halogens is 3. The van der Waals surface area contributed by atoms with Crippen LogP contribution in [0, 0.1) is 29.5 Å². The van der Waals surface area contributed by atoms with Crippen molar-refractivity contribution in [2.24, 2.45) is 23.7 Å². The molecule has 0 unspecified atom stereocenters. The third-order valence-corrected chi connectivity index (χ3v) is 11.0. The number of phenols is 1. The van der Waals surface area contributed by atoms with Crippen molar-refractivity contribution in [1.82, 2.24) is 0 Å². The summed E-state index contributed by atoms with van der Waals surface area (Å²) in [7, 11) is 0. The Morgan fingerprint density at radius 2 is 1.48 bits per heavy atom. The normalized spacial score (nSPS) is 27.9. The number of fused-ring (bicyclic) bond motifs is 4. The number of rotatable bonds is 4. The van der Waals surface area contributed by atoms with E-state index in [1.807, 2.05) is 12.1 Å². The van der Waals surface area contributed by atoms with Crippen molar-refractivity contribution < 1.29 is 28.7 Å². The van der Waals surface area contributed by atoms with Gasteiger partial charge in [-0.15, -0.1) is 0 Å². The topological polar surface area (TPSA) is 95.0 Å². The Labute approximate surface area is 285 Å². The second-order valence-corrected chi connectivity index (χ2v) is 13.7.